The molecule has 20 heavy (non-hydrogen) atoms. The summed E-state index contributed by atoms with van der Waals surface area (Å²) in [5, 5.41) is 10.7. The molecule has 0 bridgehead atoms. The monoisotopic (exact) mass is 295 g/mol. The van der Waals surface area contributed by atoms with Crippen LogP contribution in [0.1, 0.15) is 46.5 Å². The predicted octanol–water partition coefficient (Wildman–Crippen LogP) is 3.08. The van der Waals surface area contributed by atoms with Crippen molar-refractivity contribution in [3.63, 3.8) is 0 Å². The molecule has 0 saturated carbocycles. The van der Waals surface area contributed by atoms with Crippen LogP contribution >= 0.6 is 11.3 Å². The number of aliphatic carboxylic acids is 1. The number of piperidine rings is 1. The van der Waals surface area contributed by atoms with Crippen LogP contribution in [0, 0.1) is 19.8 Å². The number of thiophene rings is 1. The Morgan fingerprint density at radius 3 is 2.80 bits per heavy atom. The van der Waals surface area contributed by atoms with Crippen molar-refractivity contribution >= 4 is 23.2 Å². The lowest BCUT2D eigenvalue weighted by Gasteiger charge is -2.32. The van der Waals surface area contributed by atoms with Crippen LogP contribution in [-0.4, -0.2) is 35.0 Å². The van der Waals surface area contributed by atoms with Crippen molar-refractivity contribution in [2.75, 3.05) is 13.1 Å². The summed E-state index contributed by atoms with van der Waals surface area (Å²) in [5.41, 5.74) is 1.89. The summed E-state index contributed by atoms with van der Waals surface area (Å²) in [7, 11) is 0. The number of carbonyl (C=O) groups excluding carboxylic acids is 1. The van der Waals surface area contributed by atoms with Gasteiger partial charge in [0.15, 0.2) is 0 Å². The first-order valence-corrected chi connectivity index (χ1v) is 7.92. The predicted molar refractivity (Wildman–Crippen MR) is 79.3 cm³/mol. The Balaban J connectivity index is 1.99. The minimum Gasteiger partial charge on any atom is -0.481 e. The molecule has 1 unspecified atom stereocenters. The van der Waals surface area contributed by atoms with Gasteiger partial charge in [-0.05, 0) is 44.6 Å². The van der Waals surface area contributed by atoms with Crippen LogP contribution in [-0.2, 0) is 4.79 Å². The molecule has 0 aromatic carbocycles. The molecule has 2 rings (SSSR count). The number of likely N-dealkylation sites (tertiary alicyclic amines) is 1. The molecule has 0 aliphatic carbocycles. The fraction of sp³-hybridized carbons (Fsp3) is 0.600. The van der Waals surface area contributed by atoms with Crippen LogP contribution in [0.25, 0.3) is 0 Å². The fourth-order valence-electron chi connectivity index (χ4n) is 2.71. The summed E-state index contributed by atoms with van der Waals surface area (Å²) in [6.07, 6.45) is 2.86. The summed E-state index contributed by atoms with van der Waals surface area (Å²) >= 11 is 1.61. The van der Waals surface area contributed by atoms with Gasteiger partial charge in [-0.3, -0.25) is 9.59 Å². The Morgan fingerprint density at radius 2 is 2.20 bits per heavy atom. The van der Waals surface area contributed by atoms with E-state index in [1.165, 1.54) is 4.88 Å². The molecule has 1 fully saturated rings. The third kappa shape index (κ3) is 3.39. The van der Waals surface area contributed by atoms with E-state index in [1.807, 2.05) is 24.1 Å². The molecular formula is C15H21NO3S. The second-order valence-corrected chi connectivity index (χ2v) is 6.61. The highest BCUT2D eigenvalue weighted by Crippen LogP contribution is 2.26. The number of hydrogen-bond donors (Lipinski definition) is 1. The van der Waals surface area contributed by atoms with Crippen molar-refractivity contribution in [3.8, 4) is 0 Å². The van der Waals surface area contributed by atoms with E-state index in [4.69, 9.17) is 5.11 Å². The standard InChI is InChI=1S/C15H21NO3S/c1-10-11(2)20-9-13(10)15(19)16-7-3-4-12(8-16)5-6-14(17)18/h9,12H,3-8H2,1-2H3,(H,17,18). The maximum absolute atomic E-state index is 12.5. The minimum absolute atomic E-state index is 0.104. The quantitative estimate of drug-likeness (QED) is 0.928. The third-order valence-electron chi connectivity index (χ3n) is 4.09. The Hall–Kier alpha value is -1.36. The number of hydrogen-bond acceptors (Lipinski definition) is 3. The molecule has 2 heterocycles. The average Bonchev–Trinajstić information content (AvgIpc) is 2.76. The molecule has 5 heteroatoms. The van der Waals surface area contributed by atoms with Gasteiger partial charge in [0.05, 0.1) is 5.56 Å². The summed E-state index contributed by atoms with van der Waals surface area (Å²) in [6, 6.07) is 0. The van der Waals surface area contributed by atoms with E-state index < -0.39 is 5.97 Å². The molecule has 1 aromatic heterocycles. The first-order valence-electron chi connectivity index (χ1n) is 7.04. The second kappa shape index (κ2) is 6.39. The Bertz CT molecular complexity index is 509. The molecule has 0 spiro atoms. The number of carboxylic acid groups (broad SMARTS) is 1. The van der Waals surface area contributed by atoms with Gasteiger partial charge in [-0.1, -0.05) is 0 Å². The first kappa shape index (κ1) is 15.0. The van der Waals surface area contributed by atoms with Gasteiger partial charge in [-0.15, -0.1) is 11.3 Å². The van der Waals surface area contributed by atoms with E-state index in [0.29, 0.717) is 18.9 Å². The van der Waals surface area contributed by atoms with Gasteiger partial charge in [-0.25, -0.2) is 0 Å². The van der Waals surface area contributed by atoms with E-state index in [0.717, 1.165) is 30.5 Å². The van der Waals surface area contributed by atoms with Crippen molar-refractivity contribution in [3.05, 3.63) is 21.4 Å². The van der Waals surface area contributed by atoms with Crippen molar-refractivity contribution in [1.29, 1.82) is 0 Å². The zero-order valence-corrected chi connectivity index (χ0v) is 12.8. The molecule has 1 saturated heterocycles. The first-order chi connectivity index (χ1) is 9.49. The number of amides is 1. The zero-order valence-electron chi connectivity index (χ0n) is 12.0. The summed E-state index contributed by atoms with van der Waals surface area (Å²) in [6.45, 7) is 5.50. The fourth-order valence-corrected chi connectivity index (χ4v) is 3.57. The van der Waals surface area contributed by atoms with Crippen LogP contribution < -0.4 is 0 Å². The number of nitrogens with zero attached hydrogens (tertiary/aromatic N) is 1. The lowest BCUT2D eigenvalue weighted by Crippen LogP contribution is -2.40. The van der Waals surface area contributed by atoms with E-state index >= 15 is 0 Å². The van der Waals surface area contributed by atoms with Crippen molar-refractivity contribution in [2.45, 2.75) is 39.5 Å². The maximum atomic E-state index is 12.5. The maximum Gasteiger partial charge on any atom is 0.303 e. The molecule has 1 atom stereocenters. The lowest BCUT2D eigenvalue weighted by atomic mass is 9.93. The number of aryl methyl sites for hydroxylation is 1. The number of carboxylic acids is 1. The second-order valence-electron chi connectivity index (χ2n) is 5.52. The largest absolute Gasteiger partial charge is 0.481 e. The van der Waals surface area contributed by atoms with Gasteiger partial charge in [0.1, 0.15) is 0 Å². The summed E-state index contributed by atoms with van der Waals surface area (Å²) < 4.78 is 0. The summed E-state index contributed by atoms with van der Waals surface area (Å²) in [5.74, 6) is -0.325. The van der Waals surface area contributed by atoms with Crippen LogP contribution in [0.15, 0.2) is 5.38 Å². The molecule has 1 aliphatic heterocycles. The SMILES string of the molecule is Cc1scc(C(=O)N2CCCC(CCC(=O)O)C2)c1C. The molecule has 1 amide bonds. The molecule has 110 valence electrons. The highest BCUT2D eigenvalue weighted by atomic mass is 32.1. The van der Waals surface area contributed by atoms with Gasteiger partial charge in [0.25, 0.3) is 5.91 Å². The third-order valence-corrected chi connectivity index (χ3v) is 5.10. The molecule has 0 radical (unpaired) electrons. The van der Waals surface area contributed by atoms with E-state index in [2.05, 4.69) is 0 Å². The molecule has 1 N–H and O–H groups in total. The molecule has 1 aliphatic rings. The van der Waals surface area contributed by atoms with E-state index in [1.54, 1.807) is 11.3 Å². The van der Waals surface area contributed by atoms with Gasteiger partial charge in [-0.2, -0.15) is 0 Å². The lowest BCUT2D eigenvalue weighted by molar-refractivity contribution is -0.137. The van der Waals surface area contributed by atoms with Gasteiger partial charge in [0, 0.05) is 29.8 Å². The van der Waals surface area contributed by atoms with Crippen LogP contribution in [0.3, 0.4) is 0 Å². The van der Waals surface area contributed by atoms with Crippen molar-refractivity contribution in [1.82, 2.24) is 4.90 Å². The Morgan fingerprint density at radius 1 is 1.45 bits per heavy atom. The highest BCUT2D eigenvalue weighted by molar-refractivity contribution is 7.10. The Labute approximate surface area is 123 Å². The van der Waals surface area contributed by atoms with Crippen LogP contribution in [0.2, 0.25) is 0 Å². The number of carbonyl (C=O) groups is 2. The van der Waals surface area contributed by atoms with Gasteiger partial charge in [0.2, 0.25) is 0 Å². The summed E-state index contributed by atoms with van der Waals surface area (Å²) in [4.78, 5) is 26.3. The number of rotatable bonds is 4. The van der Waals surface area contributed by atoms with Gasteiger partial charge >= 0.3 is 5.97 Å². The van der Waals surface area contributed by atoms with Gasteiger partial charge < -0.3 is 10.0 Å². The van der Waals surface area contributed by atoms with Crippen LogP contribution in [0.4, 0.5) is 0 Å². The van der Waals surface area contributed by atoms with Crippen molar-refractivity contribution < 1.29 is 14.7 Å². The van der Waals surface area contributed by atoms with E-state index in [9.17, 15) is 9.59 Å². The molecular weight excluding hydrogens is 274 g/mol. The average molecular weight is 295 g/mol. The highest BCUT2D eigenvalue weighted by Gasteiger charge is 2.26. The minimum atomic E-state index is -0.752. The van der Waals surface area contributed by atoms with E-state index in [-0.39, 0.29) is 12.3 Å². The smallest absolute Gasteiger partial charge is 0.303 e. The normalized spacial score (nSPS) is 19.1. The van der Waals surface area contributed by atoms with Crippen LogP contribution in [0.5, 0.6) is 0 Å². The van der Waals surface area contributed by atoms with Crippen molar-refractivity contribution in [2.24, 2.45) is 5.92 Å². The molecule has 1 aromatic rings. The zero-order chi connectivity index (χ0) is 14.7. The topological polar surface area (TPSA) is 57.6 Å². The Kier molecular flexibility index (Phi) is 4.81. The molecule has 4 nitrogen and oxygen atoms in total.